The molecule has 0 atom stereocenters. The number of pyridine rings is 1. The number of aryl methyl sites for hydroxylation is 1. The second kappa shape index (κ2) is 4.10. The largest absolute Gasteiger partial charge is 0.493 e. The highest BCUT2D eigenvalue weighted by atomic mass is 79.9. The Kier molecular flexibility index (Phi) is 2.56. The molecular formula is C13H10BrN3O. The third-order valence-electron chi connectivity index (χ3n) is 2.80. The predicted octanol–water partition coefficient (Wildman–Crippen LogP) is 3.20. The fourth-order valence-corrected chi connectivity index (χ4v) is 2.42. The third-order valence-corrected chi connectivity index (χ3v) is 3.29. The van der Waals surface area contributed by atoms with Crippen LogP contribution in [-0.2, 0) is 0 Å². The van der Waals surface area contributed by atoms with Crippen LogP contribution in [-0.4, -0.2) is 19.6 Å². The molecular weight excluding hydrogens is 294 g/mol. The van der Waals surface area contributed by atoms with Crippen LogP contribution >= 0.6 is 15.9 Å². The van der Waals surface area contributed by atoms with E-state index in [0.717, 1.165) is 21.2 Å². The summed E-state index contributed by atoms with van der Waals surface area (Å²) in [6.45, 7) is 2.02. The van der Waals surface area contributed by atoms with Crippen molar-refractivity contribution < 1.29 is 5.11 Å². The third kappa shape index (κ3) is 1.76. The quantitative estimate of drug-likeness (QED) is 0.751. The Hall–Kier alpha value is -1.88. The van der Waals surface area contributed by atoms with Crippen LogP contribution < -0.4 is 0 Å². The molecule has 0 aliphatic rings. The Morgan fingerprint density at radius 1 is 1.22 bits per heavy atom. The van der Waals surface area contributed by atoms with Crippen LogP contribution in [0.2, 0.25) is 0 Å². The van der Waals surface area contributed by atoms with Crippen molar-refractivity contribution in [3.63, 3.8) is 0 Å². The minimum absolute atomic E-state index is 0.000912. The van der Waals surface area contributed by atoms with E-state index in [1.165, 1.54) is 6.07 Å². The molecule has 5 heteroatoms. The Bertz CT molecular complexity index is 736. The van der Waals surface area contributed by atoms with Crippen LogP contribution in [0, 0.1) is 6.92 Å². The second-order valence-corrected chi connectivity index (χ2v) is 4.97. The fourth-order valence-electron chi connectivity index (χ4n) is 1.95. The van der Waals surface area contributed by atoms with Crippen LogP contribution in [0.25, 0.3) is 16.9 Å². The summed E-state index contributed by atoms with van der Waals surface area (Å²) < 4.78 is 2.90. The average Bonchev–Trinajstić information content (AvgIpc) is 2.72. The summed E-state index contributed by atoms with van der Waals surface area (Å²) in [6, 6.07) is 9.28. The summed E-state index contributed by atoms with van der Waals surface area (Å²) in [5.41, 5.74) is 3.52. The van der Waals surface area contributed by atoms with Crippen LogP contribution in [0.5, 0.6) is 5.88 Å². The molecule has 1 N–H and O–H groups in total. The van der Waals surface area contributed by atoms with Crippen molar-refractivity contribution in [3.05, 3.63) is 46.7 Å². The van der Waals surface area contributed by atoms with E-state index in [2.05, 4.69) is 25.9 Å². The fraction of sp³-hybridized carbons (Fsp3) is 0.0769. The number of rotatable bonds is 1. The first-order valence-electron chi connectivity index (χ1n) is 5.45. The minimum Gasteiger partial charge on any atom is -0.493 e. The molecule has 0 aliphatic carbocycles. The van der Waals surface area contributed by atoms with Gasteiger partial charge in [0.2, 0.25) is 5.88 Å². The molecule has 0 saturated carbocycles. The maximum Gasteiger partial charge on any atom is 0.212 e. The van der Waals surface area contributed by atoms with Crippen molar-refractivity contribution in [3.8, 4) is 11.6 Å². The van der Waals surface area contributed by atoms with Gasteiger partial charge in [0.15, 0.2) is 5.65 Å². The van der Waals surface area contributed by atoms with Gasteiger partial charge in [-0.15, -0.1) is 0 Å². The van der Waals surface area contributed by atoms with Crippen molar-refractivity contribution in [1.29, 1.82) is 0 Å². The van der Waals surface area contributed by atoms with Crippen LogP contribution in [0.1, 0.15) is 5.56 Å². The molecule has 0 saturated heterocycles. The zero-order valence-corrected chi connectivity index (χ0v) is 11.2. The van der Waals surface area contributed by atoms with E-state index in [-0.39, 0.29) is 5.88 Å². The van der Waals surface area contributed by atoms with Gasteiger partial charge in [-0.3, -0.25) is 4.57 Å². The summed E-state index contributed by atoms with van der Waals surface area (Å²) in [5.74, 6) is -0.000912. The maximum atomic E-state index is 9.47. The summed E-state index contributed by atoms with van der Waals surface area (Å²) in [4.78, 5) is 8.40. The smallest absolute Gasteiger partial charge is 0.212 e. The van der Waals surface area contributed by atoms with E-state index in [1.807, 2.05) is 29.7 Å². The number of aromatic nitrogens is 3. The Balaban J connectivity index is 2.28. The first-order chi connectivity index (χ1) is 8.65. The van der Waals surface area contributed by atoms with Gasteiger partial charge in [0.1, 0.15) is 11.8 Å². The van der Waals surface area contributed by atoms with E-state index in [0.29, 0.717) is 5.65 Å². The second-order valence-electron chi connectivity index (χ2n) is 4.06. The molecule has 0 amide bonds. The molecule has 3 aromatic rings. The van der Waals surface area contributed by atoms with Gasteiger partial charge in [-0.05, 0) is 36.8 Å². The van der Waals surface area contributed by atoms with Gasteiger partial charge in [0, 0.05) is 10.5 Å². The molecule has 0 unspecified atom stereocenters. The highest BCUT2D eigenvalue weighted by molar-refractivity contribution is 9.10. The number of hydrogen-bond acceptors (Lipinski definition) is 3. The van der Waals surface area contributed by atoms with Crippen molar-refractivity contribution in [2.45, 2.75) is 6.92 Å². The summed E-state index contributed by atoms with van der Waals surface area (Å²) >= 11 is 3.44. The highest BCUT2D eigenvalue weighted by Crippen LogP contribution is 2.23. The lowest BCUT2D eigenvalue weighted by molar-refractivity contribution is 0.455. The number of aromatic hydroxyl groups is 1. The zero-order chi connectivity index (χ0) is 12.7. The molecule has 2 aromatic heterocycles. The number of hydrogen-bond donors (Lipinski definition) is 1. The number of benzene rings is 1. The van der Waals surface area contributed by atoms with Gasteiger partial charge in [-0.25, -0.2) is 4.98 Å². The monoisotopic (exact) mass is 303 g/mol. The van der Waals surface area contributed by atoms with Crippen LogP contribution in [0.4, 0.5) is 0 Å². The van der Waals surface area contributed by atoms with Crippen LogP contribution in [0.15, 0.2) is 41.1 Å². The van der Waals surface area contributed by atoms with E-state index in [9.17, 15) is 5.11 Å². The lowest BCUT2D eigenvalue weighted by Crippen LogP contribution is -1.96. The Labute approximate surface area is 112 Å². The molecule has 0 spiro atoms. The molecule has 1 aromatic carbocycles. The number of imidazole rings is 1. The average molecular weight is 304 g/mol. The predicted molar refractivity (Wildman–Crippen MR) is 73.0 cm³/mol. The van der Waals surface area contributed by atoms with Gasteiger partial charge in [0.05, 0.1) is 5.69 Å². The lowest BCUT2D eigenvalue weighted by Gasteiger charge is -2.07. The Morgan fingerprint density at radius 2 is 2.06 bits per heavy atom. The normalized spacial score (nSPS) is 11.0. The highest BCUT2D eigenvalue weighted by Gasteiger charge is 2.09. The lowest BCUT2D eigenvalue weighted by atomic mass is 10.2. The van der Waals surface area contributed by atoms with Crippen molar-refractivity contribution >= 4 is 27.1 Å². The summed E-state index contributed by atoms with van der Waals surface area (Å²) in [7, 11) is 0. The van der Waals surface area contributed by atoms with Crippen LogP contribution in [0.3, 0.4) is 0 Å². The van der Waals surface area contributed by atoms with Gasteiger partial charge in [-0.2, -0.15) is 4.98 Å². The molecule has 0 radical (unpaired) electrons. The van der Waals surface area contributed by atoms with Gasteiger partial charge < -0.3 is 5.11 Å². The molecule has 2 heterocycles. The number of fused-ring (bicyclic) bond motifs is 1. The van der Waals surface area contributed by atoms with Gasteiger partial charge >= 0.3 is 0 Å². The molecule has 0 fully saturated rings. The molecule has 0 aliphatic heterocycles. The Morgan fingerprint density at radius 3 is 2.83 bits per heavy atom. The number of nitrogens with zero attached hydrogens (tertiary/aromatic N) is 3. The summed E-state index contributed by atoms with van der Waals surface area (Å²) in [5, 5.41) is 9.47. The molecule has 3 rings (SSSR count). The standard InChI is InChI=1S/C13H10BrN3O/c1-8-6-9(14)2-4-11(8)17-7-15-10-3-5-12(18)16-13(10)17/h2-7H,1H3,(H,16,18). The van der Waals surface area contributed by atoms with Gasteiger partial charge in [0.25, 0.3) is 0 Å². The van der Waals surface area contributed by atoms with Gasteiger partial charge in [-0.1, -0.05) is 15.9 Å². The van der Waals surface area contributed by atoms with E-state index in [1.54, 1.807) is 12.4 Å². The molecule has 0 bridgehead atoms. The topological polar surface area (TPSA) is 50.9 Å². The number of halogens is 1. The zero-order valence-electron chi connectivity index (χ0n) is 9.63. The van der Waals surface area contributed by atoms with E-state index in [4.69, 9.17) is 0 Å². The van der Waals surface area contributed by atoms with Crippen molar-refractivity contribution in [1.82, 2.24) is 14.5 Å². The first-order valence-corrected chi connectivity index (χ1v) is 6.24. The minimum atomic E-state index is -0.000912. The van der Waals surface area contributed by atoms with Crippen molar-refractivity contribution in [2.75, 3.05) is 0 Å². The molecule has 90 valence electrons. The molecule has 4 nitrogen and oxygen atoms in total. The van der Waals surface area contributed by atoms with E-state index < -0.39 is 0 Å². The summed E-state index contributed by atoms with van der Waals surface area (Å²) in [6.07, 6.45) is 1.72. The van der Waals surface area contributed by atoms with E-state index >= 15 is 0 Å². The maximum absolute atomic E-state index is 9.47. The molecule has 18 heavy (non-hydrogen) atoms. The first kappa shape index (κ1) is 11.2. The SMILES string of the molecule is Cc1cc(Br)ccc1-n1cnc2ccc(O)nc21. The van der Waals surface area contributed by atoms with Crippen molar-refractivity contribution in [2.24, 2.45) is 0 Å².